The molecular formula is C31H35N3O11. The van der Waals surface area contributed by atoms with Gasteiger partial charge in [-0.1, -0.05) is 41.1 Å². The lowest BCUT2D eigenvalue weighted by molar-refractivity contribution is -0.278. The van der Waals surface area contributed by atoms with E-state index in [-0.39, 0.29) is 18.9 Å². The van der Waals surface area contributed by atoms with E-state index in [1.807, 2.05) is 31.2 Å². The van der Waals surface area contributed by atoms with Crippen LogP contribution in [0.4, 0.5) is 5.69 Å². The molecule has 2 amide bonds. The minimum Gasteiger partial charge on any atom is -0.492 e. The van der Waals surface area contributed by atoms with E-state index in [0.717, 1.165) is 19.4 Å². The number of hydrogen-bond acceptors (Lipinski definition) is 12. The highest BCUT2D eigenvalue weighted by Gasteiger charge is 2.52. The van der Waals surface area contributed by atoms with E-state index in [2.05, 4.69) is 10.5 Å². The van der Waals surface area contributed by atoms with Gasteiger partial charge in [0.05, 0.1) is 12.2 Å². The van der Waals surface area contributed by atoms with Crippen LogP contribution >= 0.6 is 0 Å². The largest absolute Gasteiger partial charge is 0.492 e. The summed E-state index contributed by atoms with van der Waals surface area (Å²) < 4.78 is 27.8. The number of ether oxygens (including phenoxy) is 5. The molecular weight excluding hydrogens is 590 g/mol. The number of rotatable bonds is 11. The first-order valence-corrected chi connectivity index (χ1v) is 14.2. The third kappa shape index (κ3) is 8.35. The fourth-order valence-electron chi connectivity index (χ4n) is 4.95. The molecule has 2 aliphatic heterocycles. The SMILES string of the molecule is CC(=O)N[C@@H]1[C@@H](O/N=C2/C(=O)N(CCOc3ccc(C)cc3)c3ccccc32)O[C@@H](COC(C)=O)[C@@H](OC(C)=O)[C@H]1OC(C)=O. The second-order valence-corrected chi connectivity index (χ2v) is 10.4. The van der Waals surface area contributed by atoms with E-state index in [1.165, 1.54) is 18.7 Å². The predicted molar refractivity (Wildman–Crippen MR) is 157 cm³/mol. The number of para-hydroxylation sites is 1. The molecule has 1 fully saturated rings. The summed E-state index contributed by atoms with van der Waals surface area (Å²) in [6, 6.07) is 13.3. The van der Waals surface area contributed by atoms with E-state index in [4.69, 9.17) is 28.5 Å². The Hall–Kier alpha value is -4.98. The summed E-state index contributed by atoms with van der Waals surface area (Å²) in [6.07, 6.45) is -5.30. The van der Waals surface area contributed by atoms with E-state index >= 15 is 0 Å². The highest BCUT2D eigenvalue weighted by atomic mass is 16.8. The Morgan fingerprint density at radius 3 is 2.22 bits per heavy atom. The van der Waals surface area contributed by atoms with Gasteiger partial charge >= 0.3 is 17.9 Å². The molecule has 45 heavy (non-hydrogen) atoms. The van der Waals surface area contributed by atoms with Gasteiger partial charge in [0.15, 0.2) is 17.9 Å². The number of aryl methyl sites for hydroxylation is 1. The third-order valence-electron chi connectivity index (χ3n) is 6.82. The van der Waals surface area contributed by atoms with Crippen LogP contribution in [-0.2, 0) is 47.8 Å². The zero-order valence-corrected chi connectivity index (χ0v) is 25.5. The van der Waals surface area contributed by atoms with Crippen LogP contribution in [0.2, 0.25) is 0 Å². The smallest absolute Gasteiger partial charge is 0.303 e. The molecule has 5 atom stereocenters. The third-order valence-corrected chi connectivity index (χ3v) is 6.82. The number of esters is 3. The molecule has 14 nitrogen and oxygen atoms in total. The van der Waals surface area contributed by atoms with Crippen LogP contribution in [0.3, 0.4) is 0 Å². The first-order chi connectivity index (χ1) is 21.4. The molecule has 240 valence electrons. The minimum absolute atomic E-state index is 0.0474. The van der Waals surface area contributed by atoms with Crippen molar-refractivity contribution in [2.24, 2.45) is 5.16 Å². The summed E-state index contributed by atoms with van der Waals surface area (Å²) in [5, 5.41) is 6.73. The van der Waals surface area contributed by atoms with Crippen LogP contribution < -0.4 is 15.0 Å². The maximum Gasteiger partial charge on any atom is 0.303 e. The van der Waals surface area contributed by atoms with Crippen molar-refractivity contribution in [3.05, 3.63) is 59.7 Å². The van der Waals surface area contributed by atoms with Crippen LogP contribution in [0.5, 0.6) is 5.75 Å². The lowest BCUT2D eigenvalue weighted by atomic mass is 9.96. The zero-order chi connectivity index (χ0) is 32.7. The van der Waals surface area contributed by atoms with E-state index in [1.54, 1.807) is 24.3 Å². The number of fused-ring (bicyclic) bond motifs is 1. The summed E-state index contributed by atoms with van der Waals surface area (Å²) >= 11 is 0. The molecule has 2 heterocycles. The maximum absolute atomic E-state index is 13.6. The van der Waals surface area contributed by atoms with Crippen molar-refractivity contribution < 1.29 is 52.5 Å². The molecule has 0 spiro atoms. The standard InChI is InChI=1S/C31H35N3O11/c1-17-10-12-22(13-11-17)40-15-14-34-24-9-7-6-8-23(24)26(30(34)39)33-45-31-27(32-18(2)35)29(43-21(5)38)28(42-20(4)37)25(44-31)16-41-19(3)36/h6-13,25,27-29,31H,14-16H2,1-5H3,(H,32,35)/b33-26+/t25-,27-,28+,29-,31+/m0/s1. The number of nitrogens with zero attached hydrogens (tertiary/aromatic N) is 2. The zero-order valence-electron chi connectivity index (χ0n) is 25.5. The van der Waals surface area contributed by atoms with Gasteiger partial charge < -0.3 is 38.7 Å². The first-order valence-electron chi connectivity index (χ1n) is 14.2. The molecule has 0 saturated carbocycles. The van der Waals surface area contributed by atoms with Gasteiger partial charge in [-0.3, -0.25) is 24.0 Å². The monoisotopic (exact) mass is 625 g/mol. The Bertz CT molecular complexity index is 1460. The van der Waals surface area contributed by atoms with Crippen molar-refractivity contribution in [3.63, 3.8) is 0 Å². The molecule has 2 aromatic rings. The summed E-state index contributed by atoms with van der Waals surface area (Å²) in [5.74, 6) is -2.51. The Labute approximate surface area is 259 Å². The molecule has 0 aliphatic carbocycles. The molecule has 0 unspecified atom stereocenters. The number of hydrogen-bond donors (Lipinski definition) is 1. The van der Waals surface area contributed by atoms with Crippen molar-refractivity contribution in [1.82, 2.24) is 5.32 Å². The lowest BCUT2D eigenvalue weighted by Gasteiger charge is -2.43. The maximum atomic E-state index is 13.6. The number of amides is 2. The fourth-order valence-corrected chi connectivity index (χ4v) is 4.95. The van der Waals surface area contributed by atoms with Crippen molar-refractivity contribution in [3.8, 4) is 5.75 Å². The molecule has 1 saturated heterocycles. The lowest BCUT2D eigenvalue weighted by Crippen LogP contribution is -2.66. The summed E-state index contributed by atoms with van der Waals surface area (Å²) in [4.78, 5) is 68.7. The van der Waals surface area contributed by atoms with Gasteiger partial charge in [-0.05, 0) is 25.1 Å². The second-order valence-electron chi connectivity index (χ2n) is 10.4. The molecule has 4 rings (SSSR count). The summed E-state index contributed by atoms with van der Waals surface area (Å²) in [6.45, 7) is 6.63. The molecule has 2 aliphatic rings. The molecule has 14 heteroatoms. The van der Waals surface area contributed by atoms with E-state index in [0.29, 0.717) is 17.0 Å². The number of benzene rings is 2. The Morgan fingerprint density at radius 2 is 1.58 bits per heavy atom. The molecule has 0 bridgehead atoms. The average molecular weight is 626 g/mol. The number of oxime groups is 1. The Morgan fingerprint density at radius 1 is 0.911 bits per heavy atom. The highest BCUT2D eigenvalue weighted by molar-refractivity contribution is 6.54. The minimum atomic E-state index is -1.48. The number of nitrogens with one attached hydrogen (secondary N) is 1. The van der Waals surface area contributed by atoms with Crippen LogP contribution in [-0.4, -0.2) is 85.8 Å². The number of carbonyl (C=O) groups is 5. The normalized spacial score (nSPS) is 23.1. The second kappa shape index (κ2) is 14.7. The van der Waals surface area contributed by atoms with Crippen LogP contribution in [0.25, 0.3) is 0 Å². The summed E-state index contributed by atoms with van der Waals surface area (Å²) in [5.41, 5.74) is 2.11. The highest BCUT2D eigenvalue weighted by Crippen LogP contribution is 2.31. The Balaban J connectivity index is 1.61. The van der Waals surface area contributed by atoms with Gasteiger partial charge in [-0.2, -0.15) is 0 Å². The van der Waals surface area contributed by atoms with E-state index < -0.39 is 67.0 Å². The van der Waals surface area contributed by atoms with Crippen molar-refractivity contribution in [2.45, 2.75) is 65.3 Å². The quantitative estimate of drug-likeness (QED) is 0.220. The Kier molecular flexibility index (Phi) is 10.7. The van der Waals surface area contributed by atoms with Crippen molar-refractivity contribution in [1.29, 1.82) is 0 Å². The topological polar surface area (TPSA) is 168 Å². The predicted octanol–water partition coefficient (Wildman–Crippen LogP) is 1.80. The van der Waals surface area contributed by atoms with E-state index in [9.17, 15) is 24.0 Å². The van der Waals surface area contributed by atoms with Crippen molar-refractivity contribution >= 4 is 41.1 Å². The van der Waals surface area contributed by atoms with Gasteiger partial charge in [-0.25, -0.2) is 0 Å². The van der Waals surface area contributed by atoms with Crippen molar-refractivity contribution in [2.75, 3.05) is 24.7 Å². The molecule has 0 aromatic heterocycles. The van der Waals surface area contributed by atoms with Crippen LogP contribution in [0.1, 0.15) is 38.8 Å². The molecule has 2 aromatic carbocycles. The molecule has 0 radical (unpaired) electrons. The van der Waals surface area contributed by atoms with Gasteiger partial charge in [0.25, 0.3) is 12.2 Å². The average Bonchev–Trinajstić information content (AvgIpc) is 3.24. The molecule has 1 N–H and O–H groups in total. The van der Waals surface area contributed by atoms with Crippen LogP contribution in [0.15, 0.2) is 53.7 Å². The van der Waals surface area contributed by atoms with Crippen LogP contribution in [0, 0.1) is 6.92 Å². The number of carbonyl (C=O) groups excluding carboxylic acids is 5. The fraction of sp³-hybridized carbons (Fsp3) is 0.419. The van der Waals surface area contributed by atoms with Gasteiger partial charge in [0, 0.05) is 33.3 Å². The first kappa shape index (κ1) is 32.9. The number of anilines is 1. The van der Waals surface area contributed by atoms with Gasteiger partial charge in [0.2, 0.25) is 5.91 Å². The summed E-state index contributed by atoms with van der Waals surface area (Å²) in [7, 11) is 0. The van der Waals surface area contributed by atoms with Gasteiger partial charge in [-0.15, -0.1) is 0 Å². The van der Waals surface area contributed by atoms with Gasteiger partial charge in [0.1, 0.15) is 31.1 Å².